The van der Waals surface area contributed by atoms with Crippen molar-refractivity contribution in [2.45, 2.75) is 52.6 Å². The average Bonchev–Trinajstić information content (AvgIpc) is 3.21. The minimum Gasteiger partial charge on any atom is -0.344 e. The van der Waals surface area contributed by atoms with Crippen LogP contribution >= 0.6 is 0 Å². The first-order chi connectivity index (χ1) is 12.5. The summed E-state index contributed by atoms with van der Waals surface area (Å²) in [6, 6.07) is 0. The summed E-state index contributed by atoms with van der Waals surface area (Å²) in [7, 11) is 0. The first kappa shape index (κ1) is 16.7. The predicted molar refractivity (Wildman–Crippen MR) is 102 cm³/mol. The smallest absolute Gasteiger partial charge is 0.0900 e. The van der Waals surface area contributed by atoms with E-state index in [1.807, 2.05) is 35.7 Å². The van der Waals surface area contributed by atoms with Crippen molar-refractivity contribution in [1.82, 2.24) is 29.5 Å². The van der Waals surface area contributed by atoms with E-state index < -0.39 is 0 Å². The zero-order valence-corrected chi connectivity index (χ0v) is 15.7. The summed E-state index contributed by atoms with van der Waals surface area (Å²) < 4.78 is 4.21. The van der Waals surface area contributed by atoms with Crippen molar-refractivity contribution in [3.8, 4) is 11.3 Å². The monoisotopic (exact) mass is 348 g/mol. The van der Waals surface area contributed by atoms with E-state index in [1.54, 1.807) is 0 Å². The minimum absolute atomic E-state index is 0.452. The van der Waals surface area contributed by atoms with E-state index in [-0.39, 0.29) is 0 Å². The fourth-order valence-corrected chi connectivity index (χ4v) is 3.49. The average molecular weight is 348 g/mol. The molecule has 0 spiro atoms. The van der Waals surface area contributed by atoms with Crippen molar-refractivity contribution in [2.75, 3.05) is 0 Å². The molecule has 0 saturated carbocycles. The molecule has 0 unspecified atom stereocenters. The van der Waals surface area contributed by atoms with Gasteiger partial charge in [-0.2, -0.15) is 15.3 Å². The van der Waals surface area contributed by atoms with Crippen LogP contribution in [0.5, 0.6) is 0 Å². The summed E-state index contributed by atoms with van der Waals surface area (Å²) in [6.07, 6.45) is 11.9. The Kier molecular flexibility index (Phi) is 4.18. The van der Waals surface area contributed by atoms with E-state index >= 15 is 0 Å². The molecule has 0 fully saturated rings. The molecule has 26 heavy (non-hydrogen) atoms. The highest BCUT2D eigenvalue weighted by atomic mass is 15.3. The lowest BCUT2D eigenvalue weighted by atomic mass is 10.0. The fraction of sp³-hybridized carbons (Fsp3) is 0.400. The number of rotatable bonds is 5. The van der Waals surface area contributed by atoms with E-state index in [1.165, 1.54) is 16.5 Å². The zero-order chi connectivity index (χ0) is 18.3. The van der Waals surface area contributed by atoms with Crippen LogP contribution in [0.15, 0.2) is 37.2 Å². The van der Waals surface area contributed by atoms with Gasteiger partial charge in [-0.3, -0.25) is 9.67 Å². The van der Waals surface area contributed by atoms with E-state index in [9.17, 15) is 0 Å². The molecule has 134 valence electrons. The Hall–Kier alpha value is -2.76. The Labute approximate surface area is 153 Å². The van der Waals surface area contributed by atoms with Gasteiger partial charge in [0.05, 0.1) is 36.3 Å². The van der Waals surface area contributed by atoms with Gasteiger partial charge in [0.15, 0.2) is 0 Å². The van der Waals surface area contributed by atoms with E-state index in [0.29, 0.717) is 11.8 Å². The topological polar surface area (TPSA) is 61.4 Å². The molecule has 2 aromatic heterocycles. The number of aryl methyl sites for hydroxylation is 2. The second kappa shape index (κ2) is 6.52. The molecule has 0 N–H and O–H groups in total. The summed E-state index contributed by atoms with van der Waals surface area (Å²) in [5, 5.41) is 13.9. The standard InChI is InChI=1S/C20H24N6/c1-13(2)15-7-21-19-12-26(24-9-16(15)19)6-5-25-11-18(14(3)4)17-8-22-23-10-20(17)25/h7-14H,5-6H2,1-4H3. The third-order valence-electron chi connectivity index (χ3n) is 4.97. The molecule has 0 aromatic carbocycles. The molecule has 4 heterocycles. The van der Waals surface area contributed by atoms with Crippen molar-refractivity contribution in [3.63, 3.8) is 0 Å². The first-order valence-electron chi connectivity index (χ1n) is 9.15. The maximum atomic E-state index is 4.59. The SMILES string of the molecule is CC(C)c1cnc2cn(CCn3cc(C(C)C)c4cnncc43)ncc1-2. The molecule has 2 aromatic rings. The highest BCUT2D eigenvalue weighted by molar-refractivity contribution is 5.82. The first-order valence-corrected chi connectivity index (χ1v) is 9.15. The van der Waals surface area contributed by atoms with Crippen LogP contribution in [0.25, 0.3) is 22.2 Å². The molecule has 6 heteroatoms. The number of hydrogen-bond donors (Lipinski definition) is 0. The quantitative estimate of drug-likeness (QED) is 0.545. The van der Waals surface area contributed by atoms with Crippen molar-refractivity contribution in [2.24, 2.45) is 0 Å². The summed E-state index contributed by atoms with van der Waals surface area (Å²) in [5.41, 5.74) is 5.85. The van der Waals surface area contributed by atoms with Crippen LogP contribution in [0, 0.1) is 0 Å². The summed E-state index contributed by atoms with van der Waals surface area (Å²) in [6.45, 7) is 10.4. The van der Waals surface area contributed by atoms with Crippen LogP contribution < -0.4 is 0 Å². The van der Waals surface area contributed by atoms with Crippen molar-refractivity contribution >= 4 is 10.9 Å². The van der Waals surface area contributed by atoms with Gasteiger partial charge < -0.3 is 4.57 Å². The Morgan fingerprint density at radius 1 is 0.846 bits per heavy atom. The second-order valence-corrected chi connectivity index (χ2v) is 7.42. The molecular weight excluding hydrogens is 324 g/mol. The Balaban J connectivity index is 1.61. The van der Waals surface area contributed by atoms with Gasteiger partial charge in [0.2, 0.25) is 0 Å². The van der Waals surface area contributed by atoms with Crippen molar-refractivity contribution < 1.29 is 0 Å². The van der Waals surface area contributed by atoms with Crippen LogP contribution in [0.1, 0.15) is 50.7 Å². The largest absolute Gasteiger partial charge is 0.344 e. The van der Waals surface area contributed by atoms with Gasteiger partial charge >= 0.3 is 0 Å². The molecule has 0 aliphatic carbocycles. The summed E-state index contributed by atoms with van der Waals surface area (Å²) in [5.74, 6) is 0.910. The number of nitrogens with zero attached hydrogens (tertiary/aromatic N) is 6. The molecule has 4 rings (SSSR count). The molecule has 6 nitrogen and oxygen atoms in total. The van der Waals surface area contributed by atoms with Crippen LogP contribution in [0.2, 0.25) is 0 Å². The third kappa shape index (κ3) is 2.85. The third-order valence-corrected chi connectivity index (χ3v) is 4.97. The second-order valence-electron chi connectivity index (χ2n) is 7.42. The Bertz CT molecular complexity index is 1010. The molecular formula is C20H24N6. The number of hydrogen-bond acceptors (Lipinski definition) is 4. The number of fused-ring (bicyclic) bond motifs is 2. The van der Waals surface area contributed by atoms with Gasteiger partial charge in [0, 0.05) is 36.1 Å². The van der Waals surface area contributed by atoms with Crippen LogP contribution in [0.3, 0.4) is 0 Å². The van der Waals surface area contributed by atoms with Crippen molar-refractivity contribution in [3.05, 3.63) is 48.3 Å². The van der Waals surface area contributed by atoms with Crippen LogP contribution in [-0.4, -0.2) is 29.5 Å². The fourth-order valence-electron chi connectivity index (χ4n) is 3.49. The maximum Gasteiger partial charge on any atom is 0.0900 e. The maximum absolute atomic E-state index is 4.59. The molecule has 0 radical (unpaired) electrons. The van der Waals surface area contributed by atoms with Gasteiger partial charge in [-0.15, -0.1) is 0 Å². The molecule has 2 aliphatic rings. The Morgan fingerprint density at radius 2 is 1.62 bits per heavy atom. The highest BCUT2D eigenvalue weighted by Crippen LogP contribution is 2.29. The number of aromatic nitrogens is 6. The van der Waals surface area contributed by atoms with E-state index in [4.69, 9.17) is 0 Å². The van der Waals surface area contributed by atoms with E-state index in [0.717, 1.165) is 29.9 Å². The minimum atomic E-state index is 0.452. The molecule has 0 bridgehead atoms. The van der Waals surface area contributed by atoms with Gasteiger partial charge in [-0.05, 0) is 23.0 Å². The van der Waals surface area contributed by atoms with Crippen molar-refractivity contribution in [1.29, 1.82) is 0 Å². The van der Waals surface area contributed by atoms with E-state index in [2.05, 4.69) is 58.7 Å². The highest BCUT2D eigenvalue weighted by Gasteiger charge is 2.15. The predicted octanol–water partition coefficient (Wildman–Crippen LogP) is 4.07. The van der Waals surface area contributed by atoms with Gasteiger partial charge in [-0.1, -0.05) is 27.7 Å². The molecule has 0 saturated heterocycles. The lowest BCUT2D eigenvalue weighted by molar-refractivity contribution is 0.531. The van der Waals surface area contributed by atoms with Gasteiger partial charge in [0.25, 0.3) is 0 Å². The zero-order valence-electron chi connectivity index (χ0n) is 15.7. The molecule has 0 atom stereocenters. The lowest BCUT2D eigenvalue weighted by Gasteiger charge is -2.10. The normalized spacial score (nSPS) is 12.1. The van der Waals surface area contributed by atoms with Crippen LogP contribution in [0.4, 0.5) is 0 Å². The molecule has 2 aliphatic heterocycles. The summed E-state index contributed by atoms with van der Waals surface area (Å²) in [4.78, 5) is 4.55. The summed E-state index contributed by atoms with van der Waals surface area (Å²) >= 11 is 0. The Morgan fingerprint density at radius 3 is 2.38 bits per heavy atom. The molecule has 0 amide bonds. The van der Waals surface area contributed by atoms with Gasteiger partial charge in [-0.25, -0.2) is 0 Å². The lowest BCUT2D eigenvalue weighted by Crippen LogP contribution is -2.10. The van der Waals surface area contributed by atoms with Gasteiger partial charge in [0.1, 0.15) is 0 Å². The van der Waals surface area contributed by atoms with Crippen LogP contribution in [-0.2, 0) is 13.1 Å².